The monoisotopic (exact) mass is 359 g/mol. The number of ether oxygens (including phenoxy) is 1. The van der Waals surface area contributed by atoms with Gasteiger partial charge in [-0.05, 0) is 19.8 Å². The maximum Gasteiger partial charge on any atom is 0.192 e. The van der Waals surface area contributed by atoms with E-state index < -0.39 is 0 Å². The van der Waals surface area contributed by atoms with Crippen LogP contribution in [-0.4, -0.2) is 47.3 Å². The largest absolute Gasteiger partial charge is 0.378 e. The van der Waals surface area contributed by atoms with Gasteiger partial charge in [0.1, 0.15) is 11.6 Å². The molecule has 0 amide bonds. The van der Waals surface area contributed by atoms with Gasteiger partial charge >= 0.3 is 0 Å². The molecule has 1 saturated heterocycles. The predicted molar refractivity (Wildman–Crippen MR) is 101 cm³/mol. The first-order valence-corrected chi connectivity index (χ1v) is 10.1. The summed E-state index contributed by atoms with van der Waals surface area (Å²) >= 11 is 1.61. The fraction of sp³-hybridized carbons (Fsp3) is 0.611. The Balaban J connectivity index is 1.64. The van der Waals surface area contributed by atoms with Crippen LogP contribution in [0.2, 0.25) is 0 Å². The number of thiazole rings is 1. The Morgan fingerprint density at radius 2 is 1.92 bits per heavy atom. The second-order valence-corrected chi connectivity index (χ2v) is 7.67. The van der Waals surface area contributed by atoms with Gasteiger partial charge in [-0.15, -0.1) is 11.3 Å². The highest BCUT2D eigenvalue weighted by Crippen LogP contribution is 2.27. The van der Waals surface area contributed by atoms with Gasteiger partial charge in [-0.3, -0.25) is 0 Å². The number of aryl methyl sites for hydroxylation is 1. The Kier molecular flexibility index (Phi) is 5.12. The lowest BCUT2D eigenvalue weighted by atomic mass is 9.95. The molecule has 4 rings (SSSR count). The molecule has 6 nitrogen and oxygen atoms in total. The second-order valence-electron chi connectivity index (χ2n) is 6.81. The van der Waals surface area contributed by atoms with Crippen molar-refractivity contribution >= 4 is 23.0 Å². The quantitative estimate of drug-likeness (QED) is 0.901. The molecule has 2 aliphatic rings. The van der Waals surface area contributed by atoms with Crippen LogP contribution in [-0.2, 0) is 4.74 Å². The number of nitrogens with zero attached hydrogens (tertiary/aromatic N) is 4. The summed E-state index contributed by atoms with van der Waals surface area (Å²) in [7, 11) is 0. The van der Waals surface area contributed by atoms with Crippen LogP contribution in [0.15, 0.2) is 11.4 Å². The zero-order valence-electron chi connectivity index (χ0n) is 14.7. The van der Waals surface area contributed by atoms with E-state index in [0.717, 1.165) is 54.5 Å². The molecule has 0 bridgehead atoms. The van der Waals surface area contributed by atoms with Gasteiger partial charge in [-0.2, -0.15) is 0 Å². The summed E-state index contributed by atoms with van der Waals surface area (Å²) in [6.07, 6.45) is 6.41. The van der Waals surface area contributed by atoms with Crippen molar-refractivity contribution in [1.29, 1.82) is 0 Å². The van der Waals surface area contributed by atoms with Crippen LogP contribution in [0, 0.1) is 6.92 Å². The van der Waals surface area contributed by atoms with Crippen LogP contribution in [0.5, 0.6) is 0 Å². The molecule has 0 radical (unpaired) electrons. The second kappa shape index (κ2) is 7.66. The van der Waals surface area contributed by atoms with Crippen molar-refractivity contribution in [3.05, 3.63) is 17.1 Å². The van der Waals surface area contributed by atoms with Crippen molar-refractivity contribution in [2.45, 2.75) is 45.1 Å². The normalized spacial score (nSPS) is 19.2. The van der Waals surface area contributed by atoms with Gasteiger partial charge in [0.15, 0.2) is 10.8 Å². The van der Waals surface area contributed by atoms with Crippen LogP contribution in [0.1, 0.15) is 37.8 Å². The van der Waals surface area contributed by atoms with Gasteiger partial charge in [0.25, 0.3) is 0 Å². The molecular weight excluding hydrogens is 334 g/mol. The van der Waals surface area contributed by atoms with E-state index in [2.05, 4.69) is 21.3 Å². The Hall–Kier alpha value is -1.73. The van der Waals surface area contributed by atoms with Crippen molar-refractivity contribution in [2.75, 3.05) is 36.5 Å². The highest BCUT2D eigenvalue weighted by Gasteiger charge is 2.19. The molecule has 1 aliphatic heterocycles. The highest BCUT2D eigenvalue weighted by molar-refractivity contribution is 7.13. The molecule has 0 atom stereocenters. The van der Waals surface area contributed by atoms with Crippen molar-refractivity contribution in [3.8, 4) is 10.8 Å². The Morgan fingerprint density at radius 1 is 1.12 bits per heavy atom. The fourth-order valence-corrected chi connectivity index (χ4v) is 4.20. The van der Waals surface area contributed by atoms with Gasteiger partial charge in [-0.1, -0.05) is 19.3 Å². The average Bonchev–Trinajstić information content (AvgIpc) is 3.10. The number of rotatable bonds is 4. The summed E-state index contributed by atoms with van der Waals surface area (Å²) in [4.78, 5) is 16.4. The maximum atomic E-state index is 5.48. The molecule has 0 aromatic carbocycles. The number of aromatic nitrogens is 3. The van der Waals surface area contributed by atoms with Gasteiger partial charge < -0.3 is 15.0 Å². The third kappa shape index (κ3) is 4.10. The van der Waals surface area contributed by atoms with Crippen molar-refractivity contribution in [1.82, 2.24) is 15.0 Å². The van der Waals surface area contributed by atoms with Gasteiger partial charge in [0.05, 0.1) is 13.2 Å². The molecule has 134 valence electrons. The lowest BCUT2D eigenvalue weighted by Gasteiger charge is -2.29. The summed E-state index contributed by atoms with van der Waals surface area (Å²) in [6.45, 7) is 5.25. The molecule has 1 N–H and O–H groups in total. The van der Waals surface area contributed by atoms with Crippen LogP contribution < -0.4 is 10.2 Å². The van der Waals surface area contributed by atoms with Gasteiger partial charge in [0, 0.05) is 36.3 Å². The standard InChI is InChI=1S/C18H25N5OS/c1-13-12-25-18(19-13)17-21-15(20-14-5-3-2-4-6-14)11-16(22-17)23-7-9-24-10-8-23/h11-12,14H,2-10H2,1H3,(H,20,21,22). The Labute approximate surface area is 152 Å². The number of hydrogen-bond acceptors (Lipinski definition) is 7. The molecule has 25 heavy (non-hydrogen) atoms. The summed E-state index contributed by atoms with van der Waals surface area (Å²) < 4.78 is 5.48. The zero-order valence-corrected chi connectivity index (χ0v) is 15.5. The van der Waals surface area contributed by atoms with E-state index in [9.17, 15) is 0 Å². The molecule has 7 heteroatoms. The smallest absolute Gasteiger partial charge is 0.192 e. The molecule has 1 aliphatic carbocycles. The summed E-state index contributed by atoms with van der Waals surface area (Å²) in [5.74, 6) is 2.62. The molecule has 1 saturated carbocycles. The minimum absolute atomic E-state index is 0.520. The first-order valence-electron chi connectivity index (χ1n) is 9.19. The maximum absolute atomic E-state index is 5.48. The Morgan fingerprint density at radius 3 is 2.64 bits per heavy atom. The SMILES string of the molecule is Cc1csc(-c2nc(NC3CCCCC3)cc(N3CCOCC3)n2)n1. The average molecular weight is 359 g/mol. The van der Waals surface area contributed by atoms with Gasteiger partial charge in [-0.25, -0.2) is 15.0 Å². The van der Waals surface area contributed by atoms with Crippen LogP contribution >= 0.6 is 11.3 Å². The molecule has 0 unspecified atom stereocenters. The molecular formula is C18H25N5OS. The van der Waals surface area contributed by atoms with Crippen LogP contribution in [0.3, 0.4) is 0 Å². The van der Waals surface area contributed by atoms with Crippen molar-refractivity contribution in [3.63, 3.8) is 0 Å². The van der Waals surface area contributed by atoms with E-state index in [1.165, 1.54) is 32.1 Å². The molecule has 2 aromatic heterocycles. The first-order chi connectivity index (χ1) is 12.3. The van der Waals surface area contributed by atoms with E-state index in [1.807, 2.05) is 12.3 Å². The zero-order chi connectivity index (χ0) is 17.1. The lowest BCUT2D eigenvalue weighted by molar-refractivity contribution is 0.122. The van der Waals surface area contributed by atoms with Crippen LogP contribution in [0.4, 0.5) is 11.6 Å². The van der Waals surface area contributed by atoms with Crippen molar-refractivity contribution in [2.24, 2.45) is 0 Å². The number of anilines is 2. The topological polar surface area (TPSA) is 63.2 Å². The number of nitrogens with one attached hydrogen (secondary N) is 1. The van der Waals surface area contributed by atoms with Crippen LogP contribution in [0.25, 0.3) is 10.8 Å². The van der Waals surface area contributed by atoms with E-state index in [-0.39, 0.29) is 0 Å². The number of hydrogen-bond donors (Lipinski definition) is 1. The summed E-state index contributed by atoms with van der Waals surface area (Å²) in [5.41, 5.74) is 1.02. The first kappa shape index (κ1) is 16.7. The number of morpholine rings is 1. The van der Waals surface area contributed by atoms with E-state index in [4.69, 9.17) is 14.7 Å². The third-order valence-corrected chi connectivity index (χ3v) is 5.77. The van der Waals surface area contributed by atoms with E-state index >= 15 is 0 Å². The van der Waals surface area contributed by atoms with Gasteiger partial charge in [0.2, 0.25) is 0 Å². The molecule has 2 fully saturated rings. The summed E-state index contributed by atoms with van der Waals surface area (Å²) in [5, 5.41) is 6.58. The predicted octanol–water partition coefficient (Wildman–Crippen LogP) is 3.49. The molecule has 0 spiro atoms. The summed E-state index contributed by atoms with van der Waals surface area (Å²) in [6, 6.07) is 2.61. The minimum Gasteiger partial charge on any atom is -0.378 e. The minimum atomic E-state index is 0.520. The molecule has 3 heterocycles. The van der Waals surface area contributed by atoms with E-state index in [1.54, 1.807) is 11.3 Å². The molecule has 2 aromatic rings. The Bertz CT molecular complexity index is 707. The van der Waals surface area contributed by atoms with E-state index in [0.29, 0.717) is 6.04 Å². The fourth-order valence-electron chi connectivity index (χ4n) is 3.47. The highest BCUT2D eigenvalue weighted by atomic mass is 32.1. The third-order valence-electron chi connectivity index (χ3n) is 4.82. The van der Waals surface area contributed by atoms with Crippen molar-refractivity contribution < 1.29 is 4.74 Å². The lowest BCUT2D eigenvalue weighted by Crippen LogP contribution is -2.37.